The number of rotatable bonds is 3. The Balaban J connectivity index is 2.93. The molecule has 0 aliphatic heterocycles. The summed E-state index contributed by atoms with van der Waals surface area (Å²) in [6.45, 7) is 5.26. The van der Waals surface area contributed by atoms with Gasteiger partial charge in [-0.1, -0.05) is 20.8 Å². The van der Waals surface area contributed by atoms with Crippen LogP contribution in [0.4, 0.5) is 0 Å². The largest absolute Gasteiger partial charge is 0.480 e. The van der Waals surface area contributed by atoms with Gasteiger partial charge in [-0.05, 0) is 33.5 Å². The van der Waals surface area contributed by atoms with Gasteiger partial charge in [-0.3, -0.25) is 4.79 Å². The topological polar surface area (TPSA) is 79.3 Å². The van der Waals surface area contributed by atoms with Crippen molar-refractivity contribution in [3.8, 4) is 0 Å². The molecule has 0 aliphatic rings. The molecule has 0 saturated heterocycles. The number of carboxylic acids is 1. The fourth-order valence-electron chi connectivity index (χ4n) is 1.41. The molecule has 1 aromatic rings. The number of amides is 1. The Labute approximate surface area is 114 Å². The van der Waals surface area contributed by atoms with Gasteiger partial charge in [-0.15, -0.1) is 0 Å². The molecule has 1 amide bonds. The van der Waals surface area contributed by atoms with E-state index in [0.717, 1.165) is 0 Å². The number of aliphatic carboxylic acids is 1. The Morgan fingerprint density at radius 3 is 2.50 bits per heavy atom. The van der Waals surface area contributed by atoms with Gasteiger partial charge in [0.2, 0.25) is 0 Å². The predicted molar refractivity (Wildman–Crippen MR) is 70.3 cm³/mol. The first kappa shape index (κ1) is 14.6. The molecule has 18 heavy (non-hydrogen) atoms. The number of carbonyl (C=O) groups is 2. The van der Waals surface area contributed by atoms with E-state index in [-0.39, 0.29) is 0 Å². The van der Waals surface area contributed by atoms with Gasteiger partial charge in [-0.25, -0.2) is 9.78 Å². The number of nitrogens with one attached hydrogen (secondary N) is 1. The summed E-state index contributed by atoms with van der Waals surface area (Å²) in [7, 11) is 0. The van der Waals surface area contributed by atoms with Crippen molar-refractivity contribution < 1.29 is 14.7 Å². The van der Waals surface area contributed by atoms with Crippen LogP contribution in [0.5, 0.6) is 0 Å². The Morgan fingerprint density at radius 1 is 1.44 bits per heavy atom. The Morgan fingerprint density at radius 2 is 2.06 bits per heavy atom. The molecule has 0 radical (unpaired) electrons. The molecule has 0 bridgehead atoms. The summed E-state index contributed by atoms with van der Waals surface area (Å²) in [6.07, 6.45) is 1.54. The molecule has 0 saturated carbocycles. The van der Waals surface area contributed by atoms with Gasteiger partial charge in [0.15, 0.2) is 0 Å². The van der Waals surface area contributed by atoms with Gasteiger partial charge in [0.1, 0.15) is 10.6 Å². The van der Waals surface area contributed by atoms with Gasteiger partial charge in [0.25, 0.3) is 5.91 Å². The fourth-order valence-corrected chi connectivity index (χ4v) is 1.84. The van der Waals surface area contributed by atoms with Gasteiger partial charge in [0, 0.05) is 6.20 Å². The highest BCUT2D eigenvalue weighted by atomic mass is 79.9. The second-order valence-corrected chi connectivity index (χ2v) is 5.70. The number of nitrogens with zero attached hydrogens (tertiary/aromatic N) is 1. The molecule has 98 valence electrons. The number of hydrogen-bond acceptors (Lipinski definition) is 3. The molecule has 6 heteroatoms. The van der Waals surface area contributed by atoms with Crippen molar-refractivity contribution in [1.29, 1.82) is 0 Å². The number of carbonyl (C=O) groups excluding carboxylic acids is 1. The van der Waals surface area contributed by atoms with E-state index in [1.165, 1.54) is 0 Å². The standard InChI is InChI=1S/C12H15BrN2O3/c1-12(2,3)8(11(17)18)15-10(16)7-5-4-6-14-9(7)13/h4-6,8H,1-3H3,(H,15,16)(H,17,18)/t8-/m1/s1. The van der Waals surface area contributed by atoms with Crippen LogP contribution in [0.15, 0.2) is 22.9 Å². The smallest absolute Gasteiger partial charge is 0.326 e. The predicted octanol–water partition coefficient (Wildman–Crippen LogP) is 2.07. The molecular formula is C12H15BrN2O3. The highest BCUT2D eigenvalue weighted by Gasteiger charge is 2.33. The Bertz CT molecular complexity index is 469. The molecule has 1 atom stereocenters. The zero-order valence-corrected chi connectivity index (χ0v) is 12.0. The lowest BCUT2D eigenvalue weighted by Crippen LogP contribution is -2.49. The van der Waals surface area contributed by atoms with Crippen molar-refractivity contribution in [1.82, 2.24) is 10.3 Å². The number of aromatic nitrogens is 1. The first-order valence-electron chi connectivity index (χ1n) is 5.37. The lowest BCUT2D eigenvalue weighted by molar-refractivity contribution is -0.142. The van der Waals surface area contributed by atoms with Crippen molar-refractivity contribution in [3.63, 3.8) is 0 Å². The minimum Gasteiger partial charge on any atom is -0.480 e. The van der Waals surface area contributed by atoms with Crippen LogP contribution in [0.1, 0.15) is 31.1 Å². The first-order chi connectivity index (χ1) is 8.23. The second-order valence-electron chi connectivity index (χ2n) is 4.95. The molecule has 0 aliphatic carbocycles. The third-order valence-corrected chi connectivity index (χ3v) is 3.02. The highest BCUT2D eigenvalue weighted by molar-refractivity contribution is 9.10. The van der Waals surface area contributed by atoms with Crippen LogP contribution in [0.3, 0.4) is 0 Å². The molecular weight excluding hydrogens is 300 g/mol. The molecule has 5 nitrogen and oxygen atoms in total. The van der Waals surface area contributed by atoms with Crippen molar-refractivity contribution in [3.05, 3.63) is 28.5 Å². The van der Waals surface area contributed by atoms with Crippen LogP contribution in [-0.2, 0) is 4.79 Å². The lowest BCUT2D eigenvalue weighted by Gasteiger charge is -2.27. The third kappa shape index (κ3) is 3.53. The summed E-state index contributed by atoms with van der Waals surface area (Å²) in [6, 6.07) is 2.23. The molecule has 0 fully saturated rings. The average Bonchev–Trinajstić information content (AvgIpc) is 2.24. The normalized spacial score (nSPS) is 12.9. The maximum absolute atomic E-state index is 12.0. The Kier molecular flexibility index (Phi) is 4.45. The zero-order chi connectivity index (χ0) is 13.9. The van der Waals surface area contributed by atoms with Crippen LogP contribution in [0, 0.1) is 5.41 Å². The van der Waals surface area contributed by atoms with E-state index >= 15 is 0 Å². The SMILES string of the molecule is CC(C)(C)[C@H](NC(=O)c1cccnc1Br)C(=O)O. The number of hydrogen-bond donors (Lipinski definition) is 2. The van der Waals surface area contributed by atoms with Gasteiger partial charge >= 0.3 is 5.97 Å². The molecule has 0 unspecified atom stereocenters. The average molecular weight is 315 g/mol. The van der Waals surface area contributed by atoms with Crippen LogP contribution >= 0.6 is 15.9 Å². The van der Waals surface area contributed by atoms with Crippen LogP contribution in [0.2, 0.25) is 0 Å². The van der Waals surface area contributed by atoms with E-state index in [1.54, 1.807) is 39.1 Å². The van der Waals surface area contributed by atoms with E-state index in [4.69, 9.17) is 5.11 Å². The van der Waals surface area contributed by atoms with E-state index in [1.807, 2.05) is 0 Å². The van der Waals surface area contributed by atoms with Gasteiger partial charge in [-0.2, -0.15) is 0 Å². The summed E-state index contributed by atoms with van der Waals surface area (Å²) in [5.41, 5.74) is -0.260. The molecule has 0 aromatic carbocycles. The minimum absolute atomic E-state index is 0.313. The van der Waals surface area contributed by atoms with Gasteiger partial charge < -0.3 is 10.4 Å². The van der Waals surface area contributed by atoms with Crippen molar-refractivity contribution in [2.24, 2.45) is 5.41 Å². The van der Waals surface area contributed by atoms with Gasteiger partial charge in [0.05, 0.1) is 5.56 Å². The van der Waals surface area contributed by atoms with Crippen LogP contribution in [0.25, 0.3) is 0 Å². The summed E-state index contributed by atoms with van der Waals surface area (Å²) in [5, 5.41) is 11.6. The van der Waals surface area contributed by atoms with Crippen LogP contribution in [-0.4, -0.2) is 28.0 Å². The molecule has 0 spiro atoms. The van der Waals surface area contributed by atoms with E-state index in [2.05, 4.69) is 26.2 Å². The van der Waals surface area contributed by atoms with Crippen molar-refractivity contribution >= 4 is 27.8 Å². The third-order valence-electron chi connectivity index (χ3n) is 2.39. The van der Waals surface area contributed by atoms with Crippen molar-refractivity contribution in [2.75, 3.05) is 0 Å². The number of pyridine rings is 1. The molecule has 2 N–H and O–H groups in total. The minimum atomic E-state index is -1.06. The summed E-state index contributed by atoms with van der Waals surface area (Å²) in [5.74, 6) is -1.52. The lowest BCUT2D eigenvalue weighted by atomic mass is 9.86. The van der Waals surface area contributed by atoms with Crippen LogP contribution < -0.4 is 5.32 Å². The highest BCUT2D eigenvalue weighted by Crippen LogP contribution is 2.20. The fraction of sp³-hybridized carbons (Fsp3) is 0.417. The second kappa shape index (κ2) is 5.48. The zero-order valence-electron chi connectivity index (χ0n) is 10.4. The summed E-state index contributed by atoms with van der Waals surface area (Å²) in [4.78, 5) is 27.1. The molecule has 1 aromatic heterocycles. The first-order valence-corrected chi connectivity index (χ1v) is 6.17. The summed E-state index contributed by atoms with van der Waals surface area (Å²) >= 11 is 3.15. The summed E-state index contributed by atoms with van der Waals surface area (Å²) < 4.78 is 0.389. The van der Waals surface area contributed by atoms with E-state index in [9.17, 15) is 9.59 Å². The monoisotopic (exact) mass is 314 g/mol. The van der Waals surface area contributed by atoms with Crippen molar-refractivity contribution in [2.45, 2.75) is 26.8 Å². The maximum atomic E-state index is 12.0. The maximum Gasteiger partial charge on any atom is 0.326 e. The number of carboxylic acid groups (broad SMARTS) is 1. The molecule has 1 rings (SSSR count). The Hall–Kier alpha value is -1.43. The quantitative estimate of drug-likeness (QED) is 0.837. The van der Waals surface area contributed by atoms with E-state index < -0.39 is 23.3 Å². The molecule has 1 heterocycles. The van der Waals surface area contributed by atoms with E-state index in [0.29, 0.717) is 10.2 Å². The number of halogens is 1.